The number of benzene rings is 1. The highest BCUT2D eigenvalue weighted by Gasteiger charge is 2.38. The van der Waals surface area contributed by atoms with Crippen LogP contribution in [0, 0.1) is 0 Å². The Balaban J connectivity index is 2.17. The molecule has 1 fully saturated rings. The minimum absolute atomic E-state index is 0.172. The lowest BCUT2D eigenvalue weighted by atomic mass is 9.93. The predicted molar refractivity (Wildman–Crippen MR) is 81.1 cm³/mol. The fourth-order valence-electron chi connectivity index (χ4n) is 3.03. The third kappa shape index (κ3) is 2.99. The monoisotopic (exact) mass is 261 g/mol. The van der Waals surface area contributed by atoms with Gasteiger partial charge in [0.15, 0.2) is 0 Å². The maximum atomic E-state index is 5.95. The number of nitrogens with zero attached hydrogens (tertiary/aromatic N) is 2. The molecule has 3 heteroatoms. The van der Waals surface area contributed by atoms with Crippen LogP contribution in [-0.2, 0) is 0 Å². The summed E-state index contributed by atoms with van der Waals surface area (Å²) in [6.07, 6.45) is 0. The summed E-state index contributed by atoms with van der Waals surface area (Å²) < 4.78 is 0. The van der Waals surface area contributed by atoms with Crippen LogP contribution in [0.2, 0.25) is 0 Å². The van der Waals surface area contributed by atoms with Crippen LogP contribution in [0.15, 0.2) is 30.3 Å². The van der Waals surface area contributed by atoms with Crippen LogP contribution in [0.5, 0.6) is 0 Å². The summed E-state index contributed by atoms with van der Waals surface area (Å²) >= 11 is 0. The first-order valence-corrected chi connectivity index (χ1v) is 7.17. The highest BCUT2D eigenvalue weighted by atomic mass is 15.3. The van der Waals surface area contributed by atoms with Crippen LogP contribution in [0.25, 0.3) is 0 Å². The minimum Gasteiger partial charge on any atom is -0.329 e. The molecule has 0 spiro atoms. The van der Waals surface area contributed by atoms with Gasteiger partial charge < -0.3 is 5.73 Å². The van der Waals surface area contributed by atoms with Gasteiger partial charge >= 0.3 is 0 Å². The standard InChI is InChI=1S/C16H27N3/c1-13(14-8-6-5-7-9-14)19-11-15(10-17)18(4)16(2,3)12-19/h5-9,13,15H,10-12,17H2,1-4H3. The molecule has 3 nitrogen and oxygen atoms in total. The second-order valence-corrected chi connectivity index (χ2v) is 6.33. The lowest BCUT2D eigenvalue weighted by Crippen LogP contribution is -2.64. The maximum absolute atomic E-state index is 5.95. The van der Waals surface area contributed by atoms with Crippen LogP contribution < -0.4 is 5.73 Å². The summed E-state index contributed by atoms with van der Waals surface area (Å²) in [6.45, 7) is 9.75. The van der Waals surface area contributed by atoms with Gasteiger partial charge in [0, 0.05) is 37.3 Å². The summed E-state index contributed by atoms with van der Waals surface area (Å²) in [5.41, 5.74) is 7.51. The van der Waals surface area contributed by atoms with E-state index in [0.717, 1.165) is 19.6 Å². The molecule has 0 amide bonds. The Bertz CT molecular complexity index is 402. The molecule has 106 valence electrons. The molecule has 1 saturated heterocycles. The second-order valence-electron chi connectivity index (χ2n) is 6.33. The zero-order chi connectivity index (χ0) is 14.0. The van der Waals surface area contributed by atoms with Gasteiger partial charge in [-0.3, -0.25) is 9.80 Å². The van der Waals surface area contributed by atoms with E-state index in [2.05, 4.69) is 68.0 Å². The number of piperazine rings is 1. The van der Waals surface area contributed by atoms with Crippen molar-refractivity contribution >= 4 is 0 Å². The van der Waals surface area contributed by atoms with Crippen molar-refractivity contribution in [1.82, 2.24) is 9.80 Å². The highest BCUT2D eigenvalue weighted by molar-refractivity contribution is 5.19. The number of hydrogen-bond acceptors (Lipinski definition) is 3. The Morgan fingerprint density at radius 3 is 2.53 bits per heavy atom. The Kier molecular flexibility index (Phi) is 4.29. The van der Waals surface area contributed by atoms with E-state index in [0.29, 0.717) is 12.1 Å². The Hall–Kier alpha value is -0.900. The van der Waals surface area contributed by atoms with Crippen molar-refractivity contribution in [2.24, 2.45) is 5.73 Å². The number of hydrogen-bond donors (Lipinski definition) is 1. The first-order valence-electron chi connectivity index (χ1n) is 7.17. The largest absolute Gasteiger partial charge is 0.329 e. The van der Waals surface area contributed by atoms with Gasteiger partial charge in [0.25, 0.3) is 0 Å². The van der Waals surface area contributed by atoms with Crippen molar-refractivity contribution in [2.45, 2.75) is 38.4 Å². The molecule has 2 atom stereocenters. The van der Waals surface area contributed by atoms with E-state index in [1.807, 2.05) is 0 Å². The molecule has 1 aromatic rings. The summed E-state index contributed by atoms with van der Waals surface area (Å²) in [6, 6.07) is 11.6. The normalized spacial score (nSPS) is 26.3. The van der Waals surface area contributed by atoms with Gasteiger partial charge in [-0.15, -0.1) is 0 Å². The smallest absolute Gasteiger partial charge is 0.0348 e. The third-order valence-corrected chi connectivity index (χ3v) is 4.64. The lowest BCUT2D eigenvalue weighted by molar-refractivity contribution is -0.0191. The van der Waals surface area contributed by atoms with Gasteiger partial charge in [-0.25, -0.2) is 0 Å². The highest BCUT2D eigenvalue weighted by Crippen LogP contribution is 2.29. The maximum Gasteiger partial charge on any atom is 0.0348 e. The van der Waals surface area contributed by atoms with Crippen LogP contribution in [-0.4, -0.2) is 48.1 Å². The van der Waals surface area contributed by atoms with Gasteiger partial charge in [-0.1, -0.05) is 30.3 Å². The molecule has 19 heavy (non-hydrogen) atoms. The second kappa shape index (κ2) is 5.61. The fourth-order valence-corrected chi connectivity index (χ4v) is 3.03. The molecule has 0 aromatic heterocycles. The molecule has 0 radical (unpaired) electrons. The number of nitrogens with two attached hydrogens (primary N) is 1. The summed E-state index contributed by atoms with van der Waals surface area (Å²) in [7, 11) is 2.20. The van der Waals surface area contributed by atoms with Crippen LogP contribution >= 0.6 is 0 Å². The van der Waals surface area contributed by atoms with E-state index in [1.165, 1.54) is 5.56 Å². The van der Waals surface area contributed by atoms with Gasteiger partial charge in [-0.2, -0.15) is 0 Å². The quantitative estimate of drug-likeness (QED) is 0.904. The molecule has 1 aliphatic rings. The summed E-state index contributed by atoms with van der Waals surface area (Å²) in [5.74, 6) is 0. The molecule has 0 saturated carbocycles. The van der Waals surface area contributed by atoms with Crippen molar-refractivity contribution in [3.05, 3.63) is 35.9 Å². The third-order valence-electron chi connectivity index (χ3n) is 4.64. The Morgan fingerprint density at radius 1 is 1.32 bits per heavy atom. The predicted octanol–water partition coefficient (Wildman–Crippen LogP) is 2.10. The molecule has 2 N–H and O–H groups in total. The van der Waals surface area contributed by atoms with E-state index < -0.39 is 0 Å². The molecule has 1 aromatic carbocycles. The summed E-state index contributed by atoms with van der Waals surface area (Å²) in [4.78, 5) is 4.99. The Labute approximate surface area is 117 Å². The van der Waals surface area contributed by atoms with Crippen molar-refractivity contribution in [3.8, 4) is 0 Å². The van der Waals surface area contributed by atoms with Crippen molar-refractivity contribution in [1.29, 1.82) is 0 Å². The van der Waals surface area contributed by atoms with Crippen molar-refractivity contribution in [2.75, 3.05) is 26.7 Å². The number of likely N-dealkylation sites (N-methyl/N-ethyl adjacent to an activating group) is 1. The molecule has 2 rings (SSSR count). The minimum atomic E-state index is 0.172. The molecule has 1 aliphatic heterocycles. The SMILES string of the molecule is CC(c1ccccc1)N1CC(CN)N(C)C(C)(C)C1. The molecule has 0 bridgehead atoms. The topological polar surface area (TPSA) is 32.5 Å². The van der Waals surface area contributed by atoms with Crippen molar-refractivity contribution < 1.29 is 0 Å². The van der Waals surface area contributed by atoms with Gasteiger partial charge in [0.05, 0.1) is 0 Å². The Morgan fingerprint density at radius 2 is 1.95 bits per heavy atom. The van der Waals surface area contributed by atoms with Crippen LogP contribution in [0.4, 0.5) is 0 Å². The van der Waals surface area contributed by atoms with E-state index in [4.69, 9.17) is 5.73 Å². The molecule has 2 unspecified atom stereocenters. The fraction of sp³-hybridized carbons (Fsp3) is 0.625. The average molecular weight is 261 g/mol. The lowest BCUT2D eigenvalue weighted by Gasteiger charge is -2.51. The van der Waals surface area contributed by atoms with Gasteiger partial charge in [0.2, 0.25) is 0 Å². The first-order chi connectivity index (χ1) is 8.95. The van der Waals surface area contributed by atoms with E-state index in [1.54, 1.807) is 0 Å². The zero-order valence-corrected chi connectivity index (χ0v) is 12.6. The zero-order valence-electron chi connectivity index (χ0n) is 12.6. The van der Waals surface area contributed by atoms with Crippen molar-refractivity contribution in [3.63, 3.8) is 0 Å². The van der Waals surface area contributed by atoms with E-state index in [-0.39, 0.29) is 5.54 Å². The van der Waals surface area contributed by atoms with E-state index >= 15 is 0 Å². The van der Waals surface area contributed by atoms with Gasteiger partial charge in [-0.05, 0) is 33.4 Å². The summed E-state index contributed by atoms with van der Waals surface area (Å²) in [5, 5.41) is 0. The average Bonchev–Trinajstić information content (AvgIpc) is 2.41. The molecular weight excluding hydrogens is 234 g/mol. The first kappa shape index (κ1) is 14.5. The van der Waals surface area contributed by atoms with E-state index in [9.17, 15) is 0 Å². The van der Waals surface area contributed by atoms with Crippen LogP contribution in [0.3, 0.4) is 0 Å². The molecule has 0 aliphatic carbocycles. The van der Waals surface area contributed by atoms with Crippen LogP contribution in [0.1, 0.15) is 32.4 Å². The number of rotatable bonds is 3. The van der Waals surface area contributed by atoms with Gasteiger partial charge in [0.1, 0.15) is 0 Å². The molecular formula is C16H27N3. The molecule has 1 heterocycles.